The molecule has 19 heavy (non-hydrogen) atoms. The van der Waals surface area contributed by atoms with E-state index in [1.807, 2.05) is 0 Å². The van der Waals surface area contributed by atoms with Crippen molar-refractivity contribution in [3.05, 3.63) is 0 Å². The number of nitriles is 1. The Balaban J connectivity index is 2.17. The van der Waals surface area contributed by atoms with Crippen LogP contribution in [0.25, 0.3) is 0 Å². The summed E-state index contributed by atoms with van der Waals surface area (Å²) >= 11 is 0. The van der Waals surface area contributed by atoms with Crippen LogP contribution in [0.2, 0.25) is 0 Å². The van der Waals surface area contributed by atoms with Gasteiger partial charge in [0.2, 0.25) is 5.91 Å². The molecule has 1 aliphatic heterocycles. The number of amides is 1. The molecule has 0 bridgehead atoms. The molecule has 1 heterocycles. The standard InChI is InChI=1S/C15H24N2O2/c16-12-15(8-4-1-2-5-9-15)14(19)17-10-6-3-7-13(17)11-18/h13,18H,1-11H2. The van der Waals surface area contributed by atoms with Gasteiger partial charge >= 0.3 is 0 Å². The Morgan fingerprint density at radius 3 is 2.47 bits per heavy atom. The van der Waals surface area contributed by atoms with Gasteiger partial charge in [-0.1, -0.05) is 25.7 Å². The summed E-state index contributed by atoms with van der Waals surface area (Å²) in [5.41, 5.74) is -0.818. The van der Waals surface area contributed by atoms with Crippen molar-refractivity contribution in [1.82, 2.24) is 4.90 Å². The third-order valence-electron chi connectivity index (χ3n) is 4.68. The van der Waals surface area contributed by atoms with E-state index in [0.29, 0.717) is 19.4 Å². The van der Waals surface area contributed by atoms with Gasteiger partial charge in [0.15, 0.2) is 0 Å². The molecule has 1 aliphatic carbocycles. The summed E-state index contributed by atoms with van der Waals surface area (Å²) in [7, 11) is 0. The minimum Gasteiger partial charge on any atom is -0.394 e. The number of aliphatic hydroxyl groups excluding tert-OH is 1. The summed E-state index contributed by atoms with van der Waals surface area (Å²) in [4.78, 5) is 14.6. The molecule has 1 saturated heterocycles. The summed E-state index contributed by atoms with van der Waals surface area (Å²) in [6, 6.07) is 2.25. The molecule has 1 saturated carbocycles. The van der Waals surface area contributed by atoms with Crippen molar-refractivity contribution >= 4 is 5.91 Å². The lowest BCUT2D eigenvalue weighted by Crippen LogP contribution is -2.51. The zero-order valence-corrected chi connectivity index (χ0v) is 11.6. The van der Waals surface area contributed by atoms with Gasteiger partial charge in [-0.2, -0.15) is 5.26 Å². The topological polar surface area (TPSA) is 64.3 Å². The van der Waals surface area contributed by atoms with E-state index < -0.39 is 5.41 Å². The monoisotopic (exact) mass is 264 g/mol. The minimum atomic E-state index is -0.818. The largest absolute Gasteiger partial charge is 0.394 e. The lowest BCUT2D eigenvalue weighted by Gasteiger charge is -2.39. The quantitative estimate of drug-likeness (QED) is 0.778. The Bertz CT molecular complexity index is 354. The Morgan fingerprint density at radius 1 is 1.21 bits per heavy atom. The molecule has 4 nitrogen and oxygen atoms in total. The highest BCUT2D eigenvalue weighted by Gasteiger charge is 2.43. The summed E-state index contributed by atoms with van der Waals surface area (Å²) in [6.45, 7) is 0.723. The van der Waals surface area contributed by atoms with Crippen molar-refractivity contribution in [3.8, 4) is 6.07 Å². The van der Waals surface area contributed by atoms with Crippen LogP contribution < -0.4 is 0 Å². The van der Waals surface area contributed by atoms with Crippen LogP contribution in [-0.2, 0) is 4.79 Å². The van der Waals surface area contributed by atoms with E-state index in [0.717, 1.165) is 44.9 Å². The van der Waals surface area contributed by atoms with Gasteiger partial charge in [0, 0.05) is 6.54 Å². The van der Waals surface area contributed by atoms with E-state index in [1.54, 1.807) is 4.90 Å². The smallest absolute Gasteiger partial charge is 0.243 e. The second-order valence-corrected chi connectivity index (χ2v) is 5.94. The molecule has 0 spiro atoms. The Kier molecular flexibility index (Phi) is 4.81. The zero-order chi connectivity index (χ0) is 13.7. The van der Waals surface area contributed by atoms with Crippen LogP contribution in [0.5, 0.6) is 0 Å². The fraction of sp³-hybridized carbons (Fsp3) is 0.867. The molecule has 2 fully saturated rings. The van der Waals surface area contributed by atoms with Crippen molar-refractivity contribution in [2.75, 3.05) is 13.2 Å². The molecule has 1 unspecified atom stereocenters. The van der Waals surface area contributed by atoms with Gasteiger partial charge in [0.25, 0.3) is 0 Å². The van der Waals surface area contributed by atoms with Crippen molar-refractivity contribution < 1.29 is 9.90 Å². The van der Waals surface area contributed by atoms with Gasteiger partial charge in [0.05, 0.1) is 18.7 Å². The van der Waals surface area contributed by atoms with Crippen LogP contribution in [0.4, 0.5) is 0 Å². The molecule has 2 rings (SSSR count). The second kappa shape index (κ2) is 6.38. The average Bonchev–Trinajstić information content (AvgIpc) is 2.72. The maximum atomic E-state index is 12.8. The number of nitrogens with zero attached hydrogens (tertiary/aromatic N) is 2. The molecule has 1 N–H and O–H groups in total. The van der Waals surface area contributed by atoms with Gasteiger partial charge in [0.1, 0.15) is 5.41 Å². The predicted molar refractivity (Wildman–Crippen MR) is 72.2 cm³/mol. The second-order valence-electron chi connectivity index (χ2n) is 5.94. The molecule has 0 aromatic rings. The van der Waals surface area contributed by atoms with Crippen molar-refractivity contribution in [2.24, 2.45) is 5.41 Å². The average molecular weight is 264 g/mol. The first kappa shape index (κ1) is 14.3. The van der Waals surface area contributed by atoms with Gasteiger partial charge < -0.3 is 10.0 Å². The summed E-state index contributed by atoms with van der Waals surface area (Å²) < 4.78 is 0. The Hall–Kier alpha value is -1.08. The summed E-state index contributed by atoms with van der Waals surface area (Å²) in [6.07, 6.45) is 8.49. The van der Waals surface area contributed by atoms with Crippen LogP contribution >= 0.6 is 0 Å². The lowest BCUT2D eigenvalue weighted by molar-refractivity contribution is -0.144. The third-order valence-corrected chi connectivity index (χ3v) is 4.68. The highest BCUT2D eigenvalue weighted by Crippen LogP contribution is 2.37. The molecular formula is C15H24N2O2. The van der Waals surface area contributed by atoms with E-state index in [9.17, 15) is 15.2 Å². The van der Waals surface area contributed by atoms with E-state index in [-0.39, 0.29) is 18.6 Å². The summed E-state index contributed by atoms with van der Waals surface area (Å²) in [5, 5.41) is 19.0. The molecule has 4 heteroatoms. The molecule has 0 radical (unpaired) electrons. The molecule has 106 valence electrons. The van der Waals surface area contributed by atoms with Crippen LogP contribution in [0.3, 0.4) is 0 Å². The minimum absolute atomic E-state index is 0.0179. The van der Waals surface area contributed by atoms with E-state index >= 15 is 0 Å². The molecule has 1 amide bonds. The van der Waals surface area contributed by atoms with Crippen molar-refractivity contribution in [1.29, 1.82) is 5.26 Å². The summed E-state index contributed by atoms with van der Waals surface area (Å²) in [5.74, 6) is -0.0179. The number of piperidine rings is 1. The normalized spacial score (nSPS) is 27.4. The number of hydrogen-bond acceptors (Lipinski definition) is 3. The maximum absolute atomic E-state index is 12.8. The van der Waals surface area contributed by atoms with Crippen LogP contribution in [0, 0.1) is 16.7 Å². The van der Waals surface area contributed by atoms with Crippen LogP contribution in [0.15, 0.2) is 0 Å². The number of carbonyl (C=O) groups is 1. The van der Waals surface area contributed by atoms with Gasteiger partial charge in [-0.05, 0) is 32.1 Å². The van der Waals surface area contributed by atoms with E-state index in [1.165, 1.54) is 0 Å². The fourth-order valence-corrected chi connectivity index (χ4v) is 3.44. The van der Waals surface area contributed by atoms with Crippen LogP contribution in [-0.4, -0.2) is 35.1 Å². The first-order chi connectivity index (χ1) is 9.23. The first-order valence-electron chi connectivity index (χ1n) is 7.57. The van der Waals surface area contributed by atoms with E-state index in [2.05, 4.69) is 6.07 Å². The van der Waals surface area contributed by atoms with Crippen LogP contribution in [0.1, 0.15) is 57.8 Å². The third kappa shape index (κ3) is 2.92. The number of rotatable bonds is 2. The molecule has 2 aliphatic rings. The Labute approximate surface area is 115 Å². The molecule has 0 aromatic carbocycles. The van der Waals surface area contributed by atoms with E-state index in [4.69, 9.17) is 0 Å². The number of likely N-dealkylation sites (tertiary alicyclic amines) is 1. The van der Waals surface area contributed by atoms with Gasteiger partial charge in [-0.15, -0.1) is 0 Å². The van der Waals surface area contributed by atoms with Gasteiger partial charge in [-0.25, -0.2) is 0 Å². The predicted octanol–water partition coefficient (Wildman–Crippen LogP) is 2.22. The van der Waals surface area contributed by atoms with Crippen molar-refractivity contribution in [2.45, 2.75) is 63.8 Å². The van der Waals surface area contributed by atoms with Gasteiger partial charge in [-0.3, -0.25) is 4.79 Å². The van der Waals surface area contributed by atoms with Crippen molar-refractivity contribution in [3.63, 3.8) is 0 Å². The zero-order valence-electron chi connectivity index (χ0n) is 11.6. The highest BCUT2D eigenvalue weighted by molar-refractivity contribution is 5.86. The highest BCUT2D eigenvalue weighted by atomic mass is 16.3. The number of carbonyl (C=O) groups excluding carboxylic acids is 1. The SMILES string of the molecule is N#CC1(C(=O)N2CCCCC2CO)CCCCCC1. The molecule has 0 aromatic heterocycles. The number of hydrogen-bond donors (Lipinski definition) is 1. The lowest BCUT2D eigenvalue weighted by atomic mass is 9.79. The molecule has 1 atom stereocenters. The number of aliphatic hydroxyl groups is 1. The molecular weight excluding hydrogens is 240 g/mol. The first-order valence-corrected chi connectivity index (χ1v) is 7.57. The Morgan fingerprint density at radius 2 is 1.89 bits per heavy atom. The fourth-order valence-electron chi connectivity index (χ4n) is 3.44. The maximum Gasteiger partial charge on any atom is 0.243 e.